The molecule has 0 aromatic heterocycles. The summed E-state index contributed by atoms with van der Waals surface area (Å²) in [6.07, 6.45) is 1.49. The fourth-order valence-electron chi connectivity index (χ4n) is 2.03. The van der Waals surface area contributed by atoms with Crippen LogP contribution in [0.25, 0.3) is 0 Å². The number of nitrogens with zero attached hydrogens (tertiary/aromatic N) is 2. The summed E-state index contributed by atoms with van der Waals surface area (Å²) in [4.78, 5) is -0.0666. The lowest BCUT2D eigenvalue weighted by molar-refractivity contribution is 0.171. The molecule has 11 heteroatoms. The van der Waals surface area contributed by atoms with Crippen LogP contribution in [0.3, 0.4) is 0 Å². The van der Waals surface area contributed by atoms with Crippen molar-refractivity contribution in [3.63, 3.8) is 0 Å². The van der Waals surface area contributed by atoms with Crippen molar-refractivity contribution in [2.45, 2.75) is 11.8 Å². The van der Waals surface area contributed by atoms with Gasteiger partial charge in [0.05, 0.1) is 11.1 Å². The lowest BCUT2D eigenvalue weighted by Crippen LogP contribution is -2.27. The predicted octanol–water partition coefficient (Wildman–Crippen LogP) is 1.33. The van der Waals surface area contributed by atoms with Crippen LogP contribution < -0.4 is 20.7 Å². The Hall–Kier alpha value is -3.15. The van der Waals surface area contributed by atoms with Crippen LogP contribution in [0.1, 0.15) is 11.1 Å². The van der Waals surface area contributed by atoms with Gasteiger partial charge in [-0.25, -0.2) is 5.48 Å². The van der Waals surface area contributed by atoms with E-state index in [1.165, 1.54) is 18.3 Å². The molecule has 0 bridgehead atoms. The number of aryl methyl sites for hydroxylation is 1. The second-order valence-electron chi connectivity index (χ2n) is 5.53. The minimum absolute atomic E-state index is 0.0666. The second kappa shape index (κ2) is 9.69. The third-order valence-electron chi connectivity index (χ3n) is 3.37. The molecule has 0 spiro atoms. The third kappa shape index (κ3) is 6.54. The molecule has 0 fully saturated rings. The van der Waals surface area contributed by atoms with Crippen molar-refractivity contribution in [1.29, 1.82) is 0 Å². The van der Waals surface area contributed by atoms with Gasteiger partial charge in [-0.15, -0.1) is 5.10 Å². The number of hydrogen-bond acceptors (Lipinski definition) is 7. The van der Waals surface area contributed by atoms with Crippen LogP contribution in [0, 0.1) is 6.92 Å². The number of rotatable bonds is 3. The van der Waals surface area contributed by atoms with Gasteiger partial charge in [0.25, 0.3) is 10.1 Å². The summed E-state index contributed by atoms with van der Waals surface area (Å²) in [6, 6.07) is 11.4. The summed E-state index contributed by atoms with van der Waals surface area (Å²) in [7, 11) is -4.02. The summed E-state index contributed by atoms with van der Waals surface area (Å²) in [5, 5.41) is 15.5. The highest BCUT2D eigenvalue weighted by Crippen LogP contribution is 2.30. The standard InChI is InChI=1S/C10H12N4O3.C7H8O3S/c11-10(14-15)13-12-6-7-1-2-8-9(5-7)17-4-3-16-8;1-6-2-4-7(5-3-6)11(8,9)10/h1-2,5-6,15H,3-4H2,(H3,11,13,14);2-5H,1H3,(H,8,9,10). The van der Waals surface area contributed by atoms with Gasteiger partial charge in [0.2, 0.25) is 5.96 Å². The number of hydroxylamine groups is 1. The Bertz CT molecular complexity index is 958. The van der Waals surface area contributed by atoms with E-state index in [1.807, 2.05) is 13.0 Å². The van der Waals surface area contributed by atoms with E-state index >= 15 is 0 Å². The van der Waals surface area contributed by atoms with Gasteiger partial charge >= 0.3 is 0 Å². The fraction of sp³-hybridized carbons (Fsp3) is 0.176. The Balaban J connectivity index is 0.000000221. The Kier molecular flexibility index (Phi) is 7.32. The van der Waals surface area contributed by atoms with Crippen LogP contribution in [-0.4, -0.2) is 43.6 Å². The molecule has 3 rings (SSSR count). The molecule has 0 aliphatic carbocycles. The first-order chi connectivity index (χ1) is 13.3. The fourth-order valence-corrected chi connectivity index (χ4v) is 2.51. The maximum atomic E-state index is 10.5. The molecule has 150 valence electrons. The molecule has 5 N–H and O–H groups in total. The molecule has 0 saturated heterocycles. The van der Waals surface area contributed by atoms with E-state index in [1.54, 1.807) is 29.7 Å². The van der Waals surface area contributed by atoms with Crippen molar-refractivity contribution < 1.29 is 27.7 Å². The van der Waals surface area contributed by atoms with E-state index in [4.69, 9.17) is 25.0 Å². The van der Waals surface area contributed by atoms with Gasteiger partial charge in [0.15, 0.2) is 11.5 Å². The predicted molar refractivity (Wildman–Crippen MR) is 103 cm³/mol. The number of fused-ring (bicyclic) bond motifs is 1. The highest BCUT2D eigenvalue weighted by atomic mass is 32.2. The molecule has 0 unspecified atom stereocenters. The smallest absolute Gasteiger partial charge is 0.294 e. The van der Waals surface area contributed by atoms with Gasteiger partial charge in [-0.1, -0.05) is 17.7 Å². The van der Waals surface area contributed by atoms with E-state index in [9.17, 15) is 8.42 Å². The van der Waals surface area contributed by atoms with E-state index in [0.717, 1.165) is 11.1 Å². The number of nitrogens with two attached hydrogens (primary N) is 1. The summed E-state index contributed by atoms with van der Waals surface area (Å²) < 4.78 is 40.3. The average Bonchev–Trinajstić information content (AvgIpc) is 2.68. The maximum absolute atomic E-state index is 10.5. The summed E-state index contributed by atoms with van der Waals surface area (Å²) in [6.45, 7) is 2.93. The summed E-state index contributed by atoms with van der Waals surface area (Å²) in [5.41, 5.74) is 8.60. The van der Waals surface area contributed by atoms with Crippen molar-refractivity contribution in [3.05, 3.63) is 53.6 Å². The Morgan fingerprint density at radius 3 is 2.39 bits per heavy atom. The van der Waals surface area contributed by atoms with Crippen molar-refractivity contribution in [2.24, 2.45) is 15.9 Å². The zero-order chi connectivity index (χ0) is 20.6. The number of hydrogen-bond donors (Lipinski definition) is 4. The van der Waals surface area contributed by atoms with Crippen molar-refractivity contribution in [1.82, 2.24) is 5.48 Å². The second-order valence-corrected chi connectivity index (χ2v) is 6.95. The molecular weight excluding hydrogens is 388 g/mol. The maximum Gasteiger partial charge on any atom is 0.294 e. The molecule has 0 atom stereocenters. The van der Waals surface area contributed by atoms with Crippen LogP contribution >= 0.6 is 0 Å². The van der Waals surface area contributed by atoms with Crippen LogP contribution in [0.2, 0.25) is 0 Å². The highest BCUT2D eigenvalue weighted by Gasteiger charge is 2.10. The van der Waals surface area contributed by atoms with E-state index in [0.29, 0.717) is 24.7 Å². The van der Waals surface area contributed by atoms with Crippen LogP contribution in [0.15, 0.2) is 57.6 Å². The Morgan fingerprint density at radius 1 is 1.14 bits per heavy atom. The number of nitrogens with one attached hydrogen (secondary N) is 1. The minimum Gasteiger partial charge on any atom is -0.486 e. The molecule has 0 saturated carbocycles. The van der Waals surface area contributed by atoms with Gasteiger partial charge in [-0.2, -0.15) is 13.5 Å². The van der Waals surface area contributed by atoms with Crippen molar-refractivity contribution in [2.75, 3.05) is 13.2 Å². The highest BCUT2D eigenvalue weighted by molar-refractivity contribution is 7.85. The van der Waals surface area contributed by atoms with Gasteiger partial charge in [0.1, 0.15) is 13.2 Å². The molecule has 0 amide bonds. The molecular formula is C17H20N4O6S. The number of benzene rings is 2. The first-order valence-corrected chi connectivity index (χ1v) is 9.44. The molecule has 2 aromatic rings. The number of ether oxygens (including phenoxy) is 2. The first kappa shape index (κ1) is 21.2. The molecule has 10 nitrogen and oxygen atoms in total. The normalized spacial score (nSPS) is 13.6. The molecule has 28 heavy (non-hydrogen) atoms. The zero-order valence-corrected chi connectivity index (χ0v) is 15.8. The van der Waals surface area contributed by atoms with Gasteiger partial charge in [0, 0.05) is 0 Å². The monoisotopic (exact) mass is 408 g/mol. The lowest BCUT2D eigenvalue weighted by atomic mass is 10.2. The molecule has 1 aliphatic heterocycles. The molecule has 0 radical (unpaired) electrons. The van der Waals surface area contributed by atoms with Crippen LogP contribution in [-0.2, 0) is 10.1 Å². The zero-order valence-electron chi connectivity index (χ0n) is 14.9. The van der Waals surface area contributed by atoms with Gasteiger partial charge in [-0.3, -0.25) is 9.76 Å². The van der Waals surface area contributed by atoms with E-state index in [2.05, 4.69) is 10.2 Å². The SMILES string of the molecule is Cc1ccc(S(=O)(=O)O)cc1.N/C(=N\N=Cc1ccc2c(c1)OCCO2)NO. The largest absolute Gasteiger partial charge is 0.486 e. The van der Waals surface area contributed by atoms with Crippen LogP contribution in [0.5, 0.6) is 11.5 Å². The van der Waals surface area contributed by atoms with Gasteiger partial charge in [-0.05, 0) is 42.8 Å². The van der Waals surface area contributed by atoms with E-state index < -0.39 is 10.1 Å². The molecule has 1 aliphatic rings. The average molecular weight is 408 g/mol. The summed E-state index contributed by atoms with van der Waals surface area (Å²) in [5.74, 6) is 1.21. The van der Waals surface area contributed by atoms with E-state index in [-0.39, 0.29) is 10.9 Å². The third-order valence-corrected chi connectivity index (χ3v) is 4.24. The quantitative estimate of drug-likeness (QED) is 0.256. The lowest BCUT2D eigenvalue weighted by Gasteiger charge is -2.18. The minimum atomic E-state index is -4.02. The Labute approximate surface area is 162 Å². The number of guanidine groups is 1. The van der Waals surface area contributed by atoms with Crippen LogP contribution in [0.4, 0.5) is 0 Å². The van der Waals surface area contributed by atoms with Crippen molar-refractivity contribution >= 4 is 22.3 Å². The Morgan fingerprint density at radius 2 is 1.79 bits per heavy atom. The van der Waals surface area contributed by atoms with Crippen molar-refractivity contribution in [3.8, 4) is 11.5 Å². The molecule has 2 aromatic carbocycles. The topological polar surface area (TPSA) is 156 Å². The molecule has 1 heterocycles. The first-order valence-electron chi connectivity index (χ1n) is 8.00. The summed E-state index contributed by atoms with van der Waals surface area (Å²) >= 11 is 0. The van der Waals surface area contributed by atoms with Gasteiger partial charge < -0.3 is 15.2 Å².